The predicted molar refractivity (Wildman–Crippen MR) is 114 cm³/mol. The summed E-state index contributed by atoms with van der Waals surface area (Å²) in [5.74, 6) is -0.0746. The van der Waals surface area contributed by atoms with Crippen LogP contribution in [0.3, 0.4) is 0 Å². The van der Waals surface area contributed by atoms with Gasteiger partial charge >= 0.3 is 5.97 Å². The first-order valence-corrected chi connectivity index (χ1v) is 9.62. The molecule has 4 nitrogen and oxygen atoms in total. The average molecular weight is 382 g/mol. The monoisotopic (exact) mass is 381 g/mol. The van der Waals surface area contributed by atoms with Crippen LogP contribution in [0.15, 0.2) is 36.7 Å². The van der Waals surface area contributed by atoms with E-state index < -0.39 is 5.97 Å². The summed E-state index contributed by atoms with van der Waals surface area (Å²) in [4.78, 5) is 16.7. The molecule has 1 aromatic carbocycles. The number of rotatable bonds is 4. The molecule has 0 radical (unpaired) electrons. The molecule has 0 saturated carbocycles. The van der Waals surface area contributed by atoms with E-state index >= 15 is 0 Å². The van der Waals surface area contributed by atoms with Crippen molar-refractivity contribution in [2.45, 2.75) is 59.3 Å². The van der Waals surface area contributed by atoms with Gasteiger partial charge in [0, 0.05) is 29.1 Å². The number of carbonyl (C=O) groups is 1. The van der Waals surface area contributed by atoms with E-state index in [2.05, 4.69) is 46.5 Å². The van der Waals surface area contributed by atoms with Gasteiger partial charge in [0.15, 0.2) is 0 Å². The number of aromatic hydroxyl groups is 1. The molecular formula is C24H31NO3. The van der Waals surface area contributed by atoms with Gasteiger partial charge in [0.2, 0.25) is 0 Å². The van der Waals surface area contributed by atoms with Gasteiger partial charge in [-0.2, -0.15) is 0 Å². The Morgan fingerprint density at radius 1 is 1.11 bits per heavy atom. The number of phenols is 1. The minimum absolute atomic E-state index is 0.244. The lowest BCUT2D eigenvalue weighted by Crippen LogP contribution is -2.17. The van der Waals surface area contributed by atoms with Crippen LogP contribution in [0, 0.1) is 0 Å². The second-order valence-electron chi connectivity index (χ2n) is 8.98. The Labute approximate surface area is 168 Å². The molecule has 1 heterocycles. The number of carbonyl (C=O) groups excluding carboxylic acids is 1. The SMILES string of the molecule is CCOC(=O)C(=Cc1cc(C(C)(C)C)c(O)c(C(C)(C)C)c1)c1cccnc1. The van der Waals surface area contributed by atoms with Crippen LogP contribution in [0.5, 0.6) is 5.75 Å². The van der Waals surface area contributed by atoms with Gasteiger partial charge in [0.05, 0.1) is 12.2 Å². The fraction of sp³-hybridized carbons (Fsp3) is 0.417. The van der Waals surface area contributed by atoms with Gasteiger partial charge in [0.1, 0.15) is 5.75 Å². The first-order valence-electron chi connectivity index (χ1n) is 9.62. The molecule has 0 amide bonds. The summed E-state index contributed by atoms with van der Waals surface area (Å²) < 4.78 is 5.27. The maximum Gasteiger partial charge on any atom is 0.338 e. The fourth-order valence-electron chi connectivity index (χ4n) is 3.04. The maximum absolute atomic E-state index is 12.6. The highest BCUT2D eigenvalue weighted by atomic mass is 16.5. The molecule has 2 aromatic rings. The lowest BCUT2D eigenvalue weighted by atomic mass is 9.78. The van der Waals surface area contributed by atoms with Crippen molar-refractivity contribution in [3.8, 4) is 5.75 Å². The van der Waals surface area contributed by atoms with E-state index in [1.165, 1.54) is 0 Å². The largest absolute Gasteiger partial charge is 0.507 e. The summed E-state index contributed by atoms with van der Waals surface area (Å²) in [7, 11) is 0. The summed E-state index contributed by atoms with van der Waals surface area (Å²) >= 11 is 0. The second-order valence-corrected chi connectivity index (χ2v) is 8.98. The quantitative estimate of drug-likeness (QED) is 0.562. The summed E-state index contributed by atoms with van der Waals surface area (Å²) in [5, 5.41) is 10.9. The minimum atomic E-state index is -0.391. The molecule has 0 fully saturated rings. The molecule has 1 N–H and O–H groups in total. The lowest BCUT2D eigenvalue weighted by Gasteiger charge is -2.28. The van der Waals surface area contributed by atoms with E-state index in [0.29, 0.717) is 23.5 Å². The molecule has 0 aliphatic rings. The molecule has 0 unspecified atom stereocenters. The van der Waals surface area contributed by atoms with E-state index in [1.807, 2.05) is 24.3 Å². The molecule has 0 saturated heterocycles. The van der Waals surface area contributed by atoms with Gasteiger partial charge in [-0.05, 0) is 47.6 Å². The normalized spacial score (nSPS) is 12.8. The van der Waals surface area contributed by atoms with Crippen LogP contribution in [-0.4, -0.2) is 22.7 Å². The second kappa shape index (κ2) is 8.17. The molecule has 4 heteroatoms. The van der Waals surface area contributed by atoms with Crippen molar-refractivity contribution in [2.24, 2.45) is 0 Å². The first-order chi connectivity index (χ1) is 12.9. The number of hydrogen-bond donors (Lipinski definition) is 1. The number of aromatic nitrogens is 1. The van der Waals surface area contributed by atoms with Crippen LogP contribution in [0.25, 0.3) is 11.6 Å². The highest BCUT2D eigenvalue weighted by Gasteiger charge is 2.26. The third-order valence-corrected chi connectivity index (χ3v) is 4.53. The summed E-state index contributed by atoms with van der Waals surface area (Å²) in [6.07, 6.45) is 5.14. The van der Waals surface area contributed by atoms with Crippen molar-refractivity contribution in [3.63, 3.8) is 0 Å². The Hall–Kier alpha value is -2.62. The fourth-order valence-corrected chi connectivity index (χ4v) is 3.04. The molecule has 0 aliphatic heterocycles. The minimum Gasteiger partial charge on any atom is -0.507 e. The zero-order valence-electron chi connectivity index (χ0n) is 18.0. The number of pyridine rings is 1. The standard InChI is InChI=1S/C24H31NO3/c1-8-28-22(27)18(17-10-9-11-25-15-17)12-16-13-19(23(2,3)4)21(26)20(14-16)24(5,6)7/h9-15,26H,8H2,1-7H3. The zero-order chi connectivity index (χ0) is 21.1. The number of hydrogen-bond acceptors (Lipinski definition) is 4. The van der Waals surface area contributed by atoms with Gasteiger partial charge < -0.3 is 9.84 Å². The molecule has 28 heavy (non-hydrogen) atoms. The highest BCUT2D eigenvalue weighted by Crippen LogP contribution is 2.40. The van der Waals surface area contributed by atoms with Crippen LogP contribution in [0.2, 0.25) is 0 Å². The number of esters is 1. The van der Waals surface area contributed by atoms with Gasteiger partial charge in [-0.1, -0.05) is 47.6 Å². The third-order valence-electron chi connectivity index (χ3n) is 4.53. The molecule has 0 atom stereocenters. The van der Waals surface area contributed by atoms with Crippen molar-refractivity contribution in [2.75, 3.05) is 6.61 Å². The molecular weight excluding hydrogens is 350 g/mol. The number of phenolic OH excluding ortho intramolecular Hbond substituents is 1. The predicted octanol–water partition coefficient (Wildman–Crippen LogP) is 5.49. The Kier molecular flexibility index (Phi) is 6.33. The van der Waals surface area contributed by atoms with Gasteiger partial charge in [-0.25, -0.2) is 4.79 Å². The molecule has 150 valence electrons. The van der Waals surface area contributed by atoms with Crippen molar-refractivity contribution < 1.29 is 14.6 Å². The van der Waals surface area contributed by atoms with Crippen LogP contribution in [0.4, 0.5) is 0 Å². The third kappa shape index (κ3) is 5.00. The van der Waals surface area contributed by atoms with Gasteiger partial charge in [-0.3, -0.25) is 4.98 Å². The van der Waals surface area contributed by atoms with Crippen molar-refractivity contribution in [3.05, 3.63) is 58.9 Å². The van der Waals surface area contributed by atoms with Crippen LogP contribution >= 0.6 is 0 Å². The highest BCUT2D eigenvalue weighted by molar-refractivity contribution is 6.21. The van der Waals surface area contributed by atoms with E-state index in [0.717, 1.165) is 16.7 Å². The topological polar surface area (TPSA) is 59.4 Å². The van der Waals surface area contributed by atoms with Crippen molar-refractivity contribution in [1.29, 1.82) is 0 Å². The first kappa shape index (κ1) is 21.7. The average Bonchev–Trinajstić information content (AvgIpc) is 2.59. The van der Waals surface area contributed by atoms with E-state index in [-0.39, 0.29) is 10.8 Å². The molecule has 2 rings (SSSR count). The molecule has 0 spiro atoms. The Balaban J connectivity index is 2.74. The van der Waals surface area contributed by atoms with Crippen molar-refractivity contribution >= 4 is 17.6 Å². The molecule has 1 aromatic heterocycles. The summed E-state index contributed by atoms with van der Waals surface area (Å²) in [5.41, 5.74) is 3.20. The number of ether oxygens (including phenoxy) is 1. The number of nitrogens with zero attached hydrogens (tertiary/aromatic N) is 1. The van der Waals surface area contributed by atoms with Gasteiger partial charge in [-0.15, -0.1) is 0 Å². The Bertz CT molecular complexity index is 834. The van der Waals surface area contributed by atoms with Crippen LogP contribution in [0.1, 0.15) is 70.7 Å². The summed E-state index contributed by atoms with van der Waals surface area (Å²) in [6.45, 7) is 14.5. The van der Waals surface area contributed by atoms with Gasteiger partial charge in [0.25, 0.3) is 0 Å². The van der Waals surface area contributed by atoms with E-state index in [4.69, 9.17) is 4.74 Å². The molecule has 0 aliphatic carbocycles. The van der Waals surface area contributed by atoms with Crippen LogP contribution in [-0.2, 0) is 20.4 Å². The number of benzene rings is 1. The lowest BCUT2D eigenvalue weighted by molar-refractivity contribution is -0.136. The summed E-state index contributed by atoms with van der Waals surface area (Å²) in [6, 6.07) is 7.52. The zero-order valence-corrected chi connectivity index (χ0v) is 18.0. The van der Waals surface area contributed by atoms with Crippen molar-refractivity contribution in [1.82, 2.24) is 4.98 Å². The van der Waals surface area contributed by atoms with E-state index in [9.17, 15) is 9.90 Å². The van der Waals surface area contributed by atoms with E-state index in [1.54, 1.807) is 25.4 Å². The smallest absolute Gasteiger partial charge is 0.338 e. The maximum atomic E-state index is 12.6. The molecule has 0 bridgehead atoms. The Morgan fingerprint density at radius 3 is 2.11 bits per heavy atom. The Morgan fingerprint density at radius 2 is 1.68 bits per heavy atom. The van der Waals surface area contributed by atoms with Crippen LogP contribution < -0.4 is 0 Å².